The number of hydrogen-bond acceptors (Lipinski definition) is 3. The van der Waals surface area contributed by atoms with Gasteiger partial charge in [0, 0.05) is 17.1 Å². The predicted octanol–water partition coefficient (Wildman–Crippen LogP) is 3.09. The molecule has 0 bridgehead atoms. The number of carbonyl (C=O) groups is 1. The van der Waals surface area contributed by atoms with Crippen LogP contribution in [0.25, 0.3) is 10.9 Å². The number of rotatable bonds is 4. The third-order valence-electron chi connectivity index (χ3n) is 4.16. The Morgan fingerprint density at radius 2 is 1.65 bits per heavy atom. The second kappa shape index (κ2) is 6.59. The zero-order valence-corrected chi connectivity index (χ0v) is 15.6. The summed E-state index contributed by atoms with van der Waals surface area (Å²) in [6, 6.07) is 13.9. The van der Waals surface area contributed by atoms with Crippen molar-refractivity contribution in [2.24, 2.45) is 0 Å². The molecule has 7 heteroatoms. The number of carbonyl (C=O) groups excluding carboxylic acids is 1. The van der Waals surface area contributed by atoms with Gasteiger partial charge in [0.1, 0.15) is 0 Å². The Morgan fingerprint density at radius 1 is 1.00 bits per heavy atom. The van der Waals surface area contributed by atoms with Crippen molar-refractivity contribution in [2.75, 3.05) is 0 Å². The molecule has 0 atom stereocenters. The lowest BCUT2D eigenvalue weighted by atomic mass is 9.87. The van der Waals surface area contributed by atoms with Crippen LogP contribution in [0.5, 0.6) is 0 Å². The van der Waals surface area contributed by atoms with Gasteiger partial charge in [-0.25, -0.2) is 8.42 Å². The molecular weight excluding hydrogens is 350 g/mol. The zero-order valence-electron chi connectivity index (χ0n) is 14.8. The van der Waals surface area contributed by atoms with Gasteiger partial charge in [0.25, 0.3) is 15.9 Å². The average Bonchev–Trinajstić information content (AvgIpc) is 3.03. The summed E-state index contributed by atoms with van der Waals surface area (Å²) >= 11 is 0. The Hall–Kier alpha value is -2.64. The molecule has 0 aliphatic carbocycles. The molecule has 0 aliphatic rings. The molecule has 26 heavy (non-hydrogen) atoms. The van der Waals surface area contributed by atoms with Crippen molar-refractivity contribution in [2.45, 2.75) is 31.1 Å². The van der Waals surface area contributed by atoms with E-state index in [0.717, 1.165) is 16.5 Å². The standard InChI is InChI=1S/C19H21N3O3S/c1-19(2,3)13-8-10-14(11-9-13)26(24,25)22-21-18(23)16-12-20-17-7-5-4-6-15(16)17/h4-12,20,22H,1-3H3,(H,21,23). The second-order valence-corrected chi connectivity index (χ2v) is 8.76. The van der Waals surface area contributed by atoms with Crippen LogP contribution in [0.3, 0.4) is 0 Å². The Balaban J connectivity index is 1.75. The first kappa shape index (κ1) is 18.2. The molecule has 1 amide bonds. The minimum absolute atomic E-state index is 0.0702. The molecule has 3 rings (SSSR count). The molecule has 0 saturated heterocycles. The van der Waals surface area contributed by atoms with Crippen molar-refractivity contribution < 1.29 is 13.2 Å². The van der Waals surface area contributed by atoms with Gasteiger partial charge in [-0.1, -0.05) is 51.1 Å². The van der Waals surface area contributed by atoms with E-state index in [1.165, 1.54) is 12.1 Å². The van der Waals surface area contributed by atoms with Gasteiger partial charge >= 0.3 is 0 Å². The average molecular weight is 371 g/mol. The lowest BCUT2D eigenvalue weighted by Gasteiger charge is -2.19. The number of aromatic amines is 1. The van der Waals surface area contributed by atoms with Gasteiger partial charge in [0.05, 0.1) is 10.5 Å². The summed E-state index contributed by atoms with van der Waals surface area (Å²) in [7, 11) is -3.85. The number of fused-ring (bicyclic) bond motifs is 1. The normalized spacial score (nSPS) is 12.3. The van der Waals surface area contributed by atoms with Crippen LogP contribution in [0.1, 0.15) is 36.7 Å². The first-order valence-corrected chi connectivity index (χ1v) is 9.65. The molecular formula is C19H21N3O3S. The van der Waals surface area contributed by atoms with Gasteiger partial charge in [-0.2, -0.15) is 0 Å². The highest BCUT2D eigenvalue weighted by Crippen LogP contribution is 2.23. The summed E-state index contributed by atoms with van der Waals surface area (Å²) in [5, 5.41) is 0.721. The zero-order chi connectivity index (χ0) is 18.9. The van der Waals surface area contributed by atoms with Gasteiger partial charge in [0.15, 0.2) is 0 Å². The summed E-state index contributed by atoms with van der Waals surface area (Å²) in [6.45, 7) is 6.16. The predicted molar refractivity (Wildman–Crippen MR) is 101 cm³/mol. The Morgan fingerprint density at radius 3 is 2.31 bits per heavy atom. The fraction of sp³-hybridized carbons (Fsp3) is 0.211. The minimum Gasteiger partial charge on any atom is -0.360 e. The molecule has 0 aliphatic heterocycles. The number of hydrazine groups is 1. The number of sulfonamides is 1. The third-order valence-corrected chi connectivity index (χ3v) is 5.43. The van der Waals surface area contributed by atoms with Crippen LogP contribution in [0.4, 0.5) is 0 Å². The van der Waals surface area contributed by atoms with Crippen molar-refractivity contribution in [1.29, 1.82) is 0 Å². The monoisotopic (exact) mass is 371 g/mol. The Labute approximate surface area is 152 Å². The maximum atomic E-state index is 12.4. The van der Waals surface area contributed by atoms with Crippen LogP contribution in [-0.2, 0) is 15.4 Å². The number of nitrogens with one attached hydrogen (secondary N) is 3. The molecule has 0 saturated carbocycles. The molecule has 0 unspecified atom stereocenters. The second-order valence-electron chi connectivity index (χ2n) is 7.08. The van der Waals surface area contributed by atoms with Crippen LogP contribution < -0.4 is 10.3 Å². The van der Waals surface area contributed by atoms with Crippen molar-refractivity contribution in [3.05, 3.63) is 65.9 Å². The number of aromatic nitrogens is 1. The van der Waals surface area contributed by atoms with Crippen LogP contribution in [0.2, 0.25) is 0 Å². The lowest BCUT2D eigenvalue weighted by Crippen LogP contribution is -2.41. The van der Waals surface area contributed by atoms with E-state index in [1.807, 2.05) is 18.2 Å². The van der Waals surface area contributed by atoms with E-state index >= 15 is 0 Å². The van der Waals surface area contributed by atoms with Gasteiger partial charge in [0.2, 0.25) is 0 Å². The van der Waals surface area contributed by atoms with E-state index in [4.69, 9.17) is 0 Å². The van der Waals surface area contributed by atoms with Crippen molar-refractivity contribution in [3.8, 4) is 0 Å². The van der Waals surface area contributed by atoms with E-state index in [0.29, 0.717) is 5.56 Å². The first-order valence-electron chi connectivity index (χ1n) is 8.17. The maximum Gasteiger partial charge on any atom is 0.268 e. The molecule has 1 aromatic heterocycles. The van der Waals surface area contributed by atoms with Crippen LogP contribution in [0, 0.1) is 0 Å². The van der Waals surface area contributed by atoms with Crippen molar-refractivity contribution in [1.82, 2.24) is 15.2 Å². The number of amides is 1. The summed E-state index contributed by atoms with van der Waals surface area (Å²) in [6.07, 6.45) is 1.55. The van der Waals surface area contributed by atoms with Gasteiger partial charge in [-0.05, 0) is 29.2 Å². The Bertz CT molecular complexity index is 1050. The summed E-state index contributed by atoms with van der Waals surface area (Å²) in [4.78, 5) is 17.5. The number of hydrogen-bond donors (Lipinski definition) is 3. The smallest absolute Gasteiger partial charge is 0.268 e. The van der Waals surface area contributed by atoms with E-state index in [-0.39, 0.29) is 10.3 Å². The van der Waals surface area contributed by atoms with Crippen LogP contribution in [-0.4, -0.2) is 19.3 Å². The fourth-order valence-electron chi connectivity index (χ4n) is 2.63. The molecule has 6 nitrogen and oxygen atoms in total. The summed E-state index contributed by atoms with van der Waals surface area (Å²) in [5.74, 6) is -0.530. The van der Waals surface area contributed by atoms with Crippen LogP contribution >= 0.6 is 0 Å². The molecule has 1 heterocycles. The minimum atomic E-state index is -3.85. The van der Waals surface area contributed by atoms with Crippen LogP contribution in [0.15, 0.2) is 59.6 Å². The highest BCUT2D eigenvalue weighted by Gasteiger charge is 2.19. The van der Waals surface area contributed by atoms with Crippen molar-refractivity contribution in [3.63, 3.8) is 0 Å². The van der Waals surface area contributed by atoms with Gasteiger partial charge < -0.3 is 4.98 Å². The molecule has 3 N–H and O–H groups in total. The molecule has 0 fully saturated rings. The van der Waals surface area contributed by atoms with Gasteiger partial charge in [-0.3, -0.25) is 10.2 Å². The topological polar surface area (TPSA) is 91.1 Å². The SMILES string of the molecule is CC(C)(C)c1ccc(S(=O)(=O)NNC(=O)c2c[nH]c3ccccc23)cc1. The Kier molecular flexibility index (Phi) is 4.60. The quantitative estimate of drug-likeness (QED) is 0.616. The molecule has 3 aromatic rings. The fourth-order valence-corrected chi connectivity index (χ4v) is 3.47. The first-order chi connectivity index (χ1) is 12.2. The summed E-state index contributed by atoms with van der Waals surface area (Å²) in [5.41, 5.74) is 4.39. The molecule has 2 aromatic carbocycles. The van der Waals surface area contributed by atoms with E-state index in [1.54, 1.807) is 24.4 Å². The molecule has 0 spiro atoms. The molecule has 0 radical (unpaired) electrons. The van der Waals surface area contributed by atoms with E-state index in [9.17, 15) is 13.2 Å². The highest BCUT2D eigenvalue weighted by molar-refractivity contribution is 7.89. The van der Waals surface area contributed by atoms with Gasteiger partial charge in [-0.15, -0.1) is 4.83 Å². The van der Waals surface area contributed by atoms with E-state index < -0.39 is 15.9 Å². The maximum absolute atomic E-state index is 12.4. The van der Waals surface area contributed by atoms with Crippen molar-refractivity contribution >= 4 is 26.8 Å². The van der Waals surface area contributed by atoms with E-state index in [2.05, 4.69) is 36.0 Å². The third kappa shape index (κ3) is 3.63. The number of para-hydroxylation sites is 1. The highest BCUT2D eigenvalue weighted by atomic mass is 32.2. The lowest BCUT2D eigenvalue weighted by molar-refractivity contribution is 0.0947. The summed E-state index contributed by atoms with van der Waals surface area (Å²) < 4.78 is 24.8. The molecule has 136 valence electrons. The largest absolute Gasteiger partial charge is 0.360 e. The number of H-pyrrole nitrogens is 1. The number of benzene rings is 2.